The second-order valence-corrected chi connectivity index (χ2v) is 6.47. The molecule has 0 atom stereocenters. The SMILES string of the molecule is CCn1cc(CNC(=O)Cn2nc(C)c3c(C(F)F)cc(C)nc32)c(C)n1. The minimum Gasteiger partial charge on any atom is -0.350 e. The van der Waals surface area contributed by atoms with Gasteiger partial charge in [0.15, 0.2) is 5.65 Å². The maximum atomic E-state index is 13.4. The van der Waals surface area contributed by atoms with Gasteiger partial charge in [-0.15, -0.1) is 0 Å². The van der Waals surface area contributed by atoms with Gasteiger partial charge >= 0.3 is 0 Å². The number of rotatable bonds is 6. The van der Waals surface area contributed by atoms with Crippen molar-refractivity contribution in [1.29, 1.82) is 0 Å². The largest absolute Gasteiger partial charge is 0.350 e. The molecule has 3 rings (SSSR count). The van der Waals surface area contributed by atoms with Crippen LogP contribution in [0.25, 0.3) is 11.0 Å². The first-order valence-electron chi connectivity index (χ1n) is 8.72. The molecule has 0 aliphatic heterocycles. The van der Waals surface area contributed by atoms with Gasteiger partial charge in [-0.05, 0) is 33.8 Å². The van der Waals surface area contributed by atoms with Crippen molar-refractivity contribution in [3.63, 3.8) is 0 Å². The smallest absolute Gasteiger partial charge is 0.264 e. The molecule has 0 fully saturated rings. The summed E-state index contributed by atoms with van der Waals surface area (Å²) in [5.74, 6) is -0.273. The van der Waals surface area contributed by atoms with E-state index < -0.39 is 6.43 Å². The van der Waals surface area contributed by atoms with Gasteiger partial charge in [-0.1, -0.05) is 0 Å². The summed E-state index contributed by atoms with van der Waals surface area (Å²) in [6.45, 7) is 8.17. The lowest BCUT2D eigenvalue weighted by molar-refractivity contribution is -0.121. The Balaban J connectivity index is 1.80. The number of halogens is 2. The topological polar surface area (TPSA) is 77.6 Å². The van der Waals surface area contributed by atoms with Crippen molar-refractivity contribution < 1.29 is 13.6 Å². The number of aryl methyl sites for hydroxylation is 4. The molecule has 0 spiro atoms. The Bertz CT molecular complexity index is 992. The molecule has 0 saturated heterocycles. The Morgan fingerprint density at radius 2 is 1.96 bits per heavy atom. The summed E-state index contributed by atoms with van der Waals surface area (Å²) in [5, 5.41) is 11.7. The predicted molar refractivity (Wildman–Crippen MR) is 96.4 cm³/mol. The van der Waals surface area contributed by atoms with E-state index in [0.29, 0.717) is 29.0 Å². The van der Waals surface area contributed by atoms with Crippen LogP contribution < -0.4 is 5.32 Å². The molecule has 3 aromatic rings. The average molecular weight is 376 g/mol. The number of nitrogens with zero attached hydrogens (tertiary/aromatic N) is 5. The minimum absolute atomic E-state index is 0.0928. The van der Waals surface area contributed by atoms with E-state index in [9.17, 15) is 13.6 Å². The van der Waals surface area contributed by atoms with Gasteiger partial charge in [0.1, 0.15) is 6.54 Å². The van der Waals surface area contributed by atoms with Crippen molar-refractivity contribution in [2.24, 2.45) is 0 Å². The summed E-state index contributed by atoms with van der Waals surface area (Å²) in [6, 6.07) is 1.36. The van der Waals surface area contributed by atoms with Gasteiger partial charge in [0.05, 0.1) is 16.8 Å². The third-order valence-electron chi connectivity index (χ3n) is 4.41. The van der Waals surface area contributed by atoms with Crippen molar-refractivity contribution in [2.45, 2.75) is 53.8 Å². The molecule has 0 aliphatic rings. The first-order chi connectivity index (χ1) is 12.8. The van der Waals surface area contributed by atoms with Crippen molar-refractivity contribution in [3.05, 3.63) is 40.5 Å². The molecule has 0 saturated carbocycles. The molecule has 0 unspecified atom stereocenters. The van der Waals surface area contributed by atoms with Gasteiger partial charge in [0.25, 0.3) is 6.43 Å². The monoisotopic (exact) mass is 376 g/mol. The van der Waals surface area contributed by atoms with Crippen LogP contribution in [0.15, 0.2) is 12.3 Å². The summed E-state index contributed by atoms with van der Waals surface area (Å²) in [7, 11) is 0. The lowest BCUT2D eigenvalue weighted by Crippen LogP contribution is -2.27. The molecule has 27 heavy (non-hydrogen) atoms. The summed E-state index contributed by atoms with van der Waals surface area (Å²) in [4.78, 5) is 16.7. The molecule has 9 heteroatoms. The number of nitrogens with one attached hydrogen (secondary N) is 1. The minimum atomic E-state index is -2.63. The Labute approximate surface area is 155 Å². The van der Waals surface area contributed by atoms with E-state index in [1.54, 1.807) is 18.5 Å². The van der Waals surface area contributed by atoms with Crippen LogP contribution in [-0.2, 0) is 24.4 Å². The van der Waals surface area contributed by atoms with Gasteiger partial charge in [-0.3, -0.25) is 9.48 Å². The van der Waals surface area contributed by atoms with Crippen LogP contribution in [0.2, 0.25) is 0 Å². The van der Waals surface area contributed by atoms with Crippen molar-refractivity contribution in [3.8, 4) is 0 Å². The summed E-state index contributed by atoms with van der Waals surface area (Å²) < 4.78 is 29.9. The molecule has 3 heterocycles. The van der Waals surface area contributed by atoms with Crippen molar-refractivity contribution >= 4 is 16.9 Å². The maximum Gasteiger partial charge on any atom is 0.264 e. The number of carbonyl (C=O) groups excluding carboxylic acids is 1. The van der Waals surface area contributed by atoms with E-state index in [1.165, 1.54) is 10.7 Å². The molecule has 0 radical (unpaired) electrons. The highest BCUT2D eigenvalue weighted by Gasteiger charge is 2.20. The number of alkyl halides is 2. The third-order valence-corrected chi connectivity index (χ3v) is 4.41. The molecule has 0 aliphatic carbocycles. The molecule has 0 aromatic carbocycles. The molecule has 1 amide bonds. The van der Waals surface area contributed by atoms with Gasteiger partial charge in [0, 0.05) is 36.1 Å². The van der Waals surface area contributed by atoms with E-state index in [2.05, 4.69) is 20.5 Å². The standard InChI is InChI=1S/C18H22F2N6O/c1-5-25-8-13(11(3)23-25)7-21-15(27)9-26-18-16(12(4)24-26)14(17(19)20)6-10(2)22-18/h6,8,17H,5,7,9H2,1-4H3,(H,21,27). The van der Waals surface area contributed by atoms with Gasteiger partial charge < -0.3 is 5.32 Å². The normalized spacial score (nSPS) is 11.5. The Hall–Kier alpha value is -2.84. The third kappa shape index (κ3) is 3.81. The maximum absolute atomic E-state index is 13.4. The van der Waals surface area contributed by atoms with Crippen LogP contribution in [-0.4, -0.2) is 30.5 Å². The average Bonchev–Trinajstić information content (AvgIpc) is 3.12. The zero-order chi connectivity index (χ0) is 19.7. The van der Waals surface area contributed by atoms with Crippen LogP contribution in [0.5, 0.6) is 0 Å². The molecular formula is C18H22F2N6O. The number of carbonyl (C=O) groups is 1. The van der Waals surface area contributed by atoms with E-state index in [1.807, 2.05) is 20.0 Å². The summed E-state index contributed by atoms with van der Waals surface area (Å²) >= 11 is 0. The Kier molecular flexibility index (Phi) is 5.20. The number of hydrogen-bond donors (Lipinski definition) is 1. The van der Waals surface area contributed by atoms with E-state index >= 15 is 0 Å². The van der Waals surface area contributed by atoms with E-state index in [4.69, 9.17) is 0 Å². The molecule has 1 N–H and O–H groups in total. The molecule has 144 valence electrons. The van der Waals surface area contributed by atoms with Gasteiger partial charge in [-0.25, -0.2) is 18.4 Å². The lowest BCUT2D eigenvalue weighted by Gasteiger charge is -2.07. The molecule has 7 nitrogen and oxygen atoms in total. The molecule has 0 bridgehead atoms. The van der Waals surface area contributed by atoms with Crippen LogP contribution in [0.4, 0.5) is 8.78 Å². The lowest BCUT2D eigenvalue weighted by atomic mass is 10.1. The number of fused-ring (bicyclic) bond motifs is 1. The highest BCUT2D eigenvalue weighted by molar-refractivity contribution is 5.84. The fourth-order valence-electron chi connectivity index (χ4n) is 3.08. The highest BCUT2D eigenvalue weighted by Crippen LogP contribution is 2.29. The van der Waals surface area contributed by atoms with Crippen LogP contribution >= 0.6 is 0 Å². The number of aromatic nitrogens is 5. The summed E-state index contributed by atoms with van der Waals surface area (Å²) in [6.07, 6.45) is -0.736. The van der Waals surface area contributed by atoms with Gasteiger partial charge in [-0.2, -0.15) is 10.2 Å². The fraction of sp³-hybridized carbons (Fsp3) is 0.444. The number of hydrogen-bond acceptors (Lipinski definition) is 4. The highest BCUT2D eigenvalue weighted by atomic mass is 19.3. The Morgan fingerprint density at radius 3 is 2.59 bits per heavy atom. The molecule has 3 aromatic heterocycles. The second kappa shape index (κ2) is 7.42. The van der Waals surface area contributed by atoms with E-state index in [0.717, 1.165) is 17.8 Å². The molecular weight excluding hydrogens is 354 g/mol. The van der Waals surface area contributed by atoms with Crippen LogP contribution in [0, 0.1) is 20.8 Å². The Morgan fingerprint density at radius 1 is 1.22 bits per heavy atom. The van der Waals surface area contributed by atoms with Gasteiger partial charge in [0.2, 0.25) is 5.91 Å². The number of pyridine rings is 1. The zero-order valence-electron chi connectivity index (χ0n) is 15.8. The van der Waals surface area contributed by atoms with E-state index in [-0.39, 0.29) is 18.0 Å². The zero-order valence-corrected chi connectivity index (χ0v) is 15.8. The quantitative estimate of drug-likeness (QED) is 0.718. The first-order valence-corrected chi connectivity index (χ1v) is 8.72. The predicted octanol–water partition coefficient (Wildman–Crippen LogP) is 2.83. The van der Waals surface area contributed by atoms with Crippen LogP contribution in [0.3, 0.4) is 0 Å². The van der Waals surface area contributed by atoms with Crippen molar-refractivity contribution in [2.75, 3.05) is 0 Å². The van der Waals surface area contributed by atoms with Crippen molar-refractivity contribution in [1.82, 2.24) is 29.9 Å². The number of amides is 1. The first kappa shape index (κ1) is 18.9. The second-order valence-electron chi connectivity index (χ2n) is 6.47. The summed E-state index contributed by atoms with van der Waals surface area (Å²) in [5.41, 5.74) is 2.87. The van der Waals surface area contributed by atoms with Crippen LogP contribution in [0.1, 0.15) is 41.6 Å². The fourth-order valence-corrected chi connectivity index (χ4v) is 3.08.